The first-order valence-corrected chi connectivity index (χ1v) is 4.77. The highest BCUT2D eigenvalue weighted by Gasteiger charge is 2.13. The van der Waals surface area contributed by atoms with Gasteiger partial charge in [0.15, 0.2) is 0 Å². The molecule has 1 aromatic carbocycles. The van der Waals surface area contributed by atoms with E-state index in [-0.39, 0.29) is 5.56 Å². The predicted molar refractivity (Wildman–Crippen MR) is 50.7 cm³/mol. The summed E-state index contributed by atoms with van der Waals surface area (Å²) in [5.41, 5.74) is 0.876. The Morgan fingerprint density at radius 2 is 2.23 bits per heavy atom. The Labute approximate surface area is 83.5 Å². The van der Waals surface area contributed by atoms with Crippen LogP contribution in [-0.4, -0.2) is 11.1 Å². The first-order valence-electron chi connectivity index (χ1n) is 3.65. The molecule has 13 heavy (non-hydrogen) atoms. The first kappa shape index (κ1) is 10.2. The van der Waals surface area contributed by atoms with Crippen LogP contribution in [0.2, 0.25) is 0 Å². The summed E-state index contributed by atoms with van der Waals surface area (Å²) in [7, 11) is 0. The molecular formula is C9H8BrFO2. The van der Waals surface area contributed by atoms with Crippen LogP contribution in [0.1, 0.15) is 21.5 Å². The van der Waals surface area contributed by atoms with Gasteiger partial charge >= 0.3 is 5.97 Å². The summed E-state index contributed by atoms with van der Waals surface area (Å²) in [5.74, 6) is -1.88. The zero-order chi connectivity index (χ0) is 10.0. The van der Waals surface area contributed by atoms with Crippen LogP contribution in [-0.2, 0) is 5.33 Å². The average molecular weight is 247 g/mol. The Morgan fingerprint density at radius 1 is 1.62 bits per heavy atom. The maximum atomic E-state index is 13.3. The third kappa shape index (κ3) is 1.88. The lowest BCUT2D eigenvalue weighted by molar-refractivity contribution is 0.0691. The van der Waals surface area contributed by atoms with E-state index in [9.17, 15) is 9.18 Å². The number of benzene rings is 1. The second-order valence-corrected chi connectivity index (χ2v) is 3.21. The second-order valence-electron chi connectivity index (χ2n) is 2.65. The molecule has 1 aromatic rings. The van der Waals surface area contributed by atoms with Gasteiger partial charge < -0.3 is 5.11 Å². The minimum Gasteiger partial charge on any atom is -0.478 e. The maximum absolute atomic E-state index is 13.3. The molecule has 1 N–H and O–H groups in total. The zero-order valence-corrected chi connectivity index (χ0v) is 8.56. The van der Waals surface area contributed by atoms with Crippen molar-refractivity contribution in [1.82, 2.24) is 0 Å². The Morgan fingerprint density at radius 3 is 2.69 bits per heavy atom. The SMILES string of the molecule is Cc1c(CBr)ccc(C(=O)O)c1F. The van der Waals surface area contributed by atoms with Crippen molar-refractivity contribution >= 4 is 21.9 Å². The molecule has 0 saturated carbocycles. The van der Waals surface area contributed by atoms with Gasteiger partial charge in [-0.2, -0.15) is 0 Å². The van der Waals surface area contributed by atoms with E-state index in [1.165, 1.54) is 6.07 Å². The normalized spacial score (nSPS) is 10.1. The van der Waals surface area contributed by atoms with Crippen molar-refractivity contribution in [1.29, 1.82) is 0 Å². The number of rotatable bonds is 2. The molecule has 0 spiro atoms. The molecule has 0 heterocycles. The fourth-order valence-electron chi connectivity index (χ4n) is 1.03. The van der Waals surface area contributed by atoms with Gasteiger partial charge in [-0.25, -0.2) is 9.18 Å². The zero-order valence-electron chi connectivity index (χ0n) is 6.97. The molecule has 0 aliphatic rings. The minimum absolute atomic E-state index is 0.276. The van der Waals surface area contributed by atoms with E-state index in [4.69, 9.17) is 5.11 Å². The molecule has 0 saturated heterocycles. The van der Waals surface area contributed by atoms with Crippen LogP contribution in [0.25, 0.3) is 0 Å². The molecule has 0 amide bonds. The van der Waals surface area contributed by atoms with Crippen molar-refractivity contribution < 1.29 is 14.3 Å². The second kappa shape index (κ2) is 3.87. The molecule has 0 bridgehead atoms. The van der Waals surface area contributed by atoms with Crippen molar-refractivity contribution in [2.75, 3.05) is 0 Å². The Kier molecular flexibility index (Phi) is 3.03. The molecule has 0 atom stereocenters. The molecule has 0 fully saturated rings. The van der Waals surface area contributed by atoms with Crippen LogP contribution in [0.4, 0.5) is 4.39 Å². The van der Waals surface area contributed by atoms with Crippen molar-refractivity contribution in [2.45, 2.75) is 12.3 Å². The van der Waals surface area contributed by atoms with Crippen LogP contribution in [0.5, 0.6) is 0 Å². The summed E-state index contributed by atoms with van der Waals surface area (Å²) in [6, 6.07) is 2.89. The third-order valence-corrected chi connectivity index (χ3v) is 2.48. The number of carboxylic acids is 1. The van der Waals surface area contributed by atoms with Gasteiger partial charge in [0, 0.05) is 5.33 Å². The van der Waals surface area contributed by atoms with Gasteiger partial charge in [0.25, 0.3) is 0 Å². The van der Waals surface area contributed by atoms with E-state index in [1.54, 1.807) is 13.0 Å². The Hall–Kier alpha value is -0.900. The quantitative estimate of drug-likeness (QED) is 0.816. The van der Waals surface area contributed by atoms with Gasteiger partial charge in [0.1, 0.15) is 5.82 Å². The van der Waals surface area contributed by atoms with E-state index in [2.05, 4.69) is 15.9 Å². The van der Waals surface area contributed by atoms with Gasteiger partial charge in [-0.3, -0.25) is 0 Å². The summed E-state index contributed by atoms with van der Waals surface area (Å²) < 4.78 is 13.3. The topological polar surface area (TPSA) is 37.3 Å². The molecule has 0 unspecified atom stereocenters. The van der Waals surface area contributed by atoms with E-state index >= 15 is 0 Å². The number of halogens is 2. The third-order valence-electron chi connectivity index (χ3n) is 1.87. The summed E-state index contributed by atoms with van der Waals surface area (Å²) in [5, 5.41) is 9.13. The van der Waals surface area contributed by atoms with Gasteiger partial charge in [0.2, 0.25) is 0 Å². The average Bonchev–Trinajstić information content (AvgIpc) is 2.09. The molecule has 0 aliphatic heterocycles. The van der Waals surface area contributed by atoms with E-state index < -0.39 is 11.8 Å². The Bertz CT molecular complexity index is 350. The molecule has 70 valence electrons. The molecule has 0 radical (unpaired) electrons. The van der Waals surface area contributed by atoms with E-state index in [0.29, 0.717) is 10.9 Å². The first-order chi connectivity index (χ1) is 6.07. The molecule has 2 nitrogen and oxygen atoms in total. The van der Waals surface area contributed by atoms with Crippen molar-refractivity contribution in [3.8, 4) is 0 Å². The molecule has 1 rings (SSSR count). The molecule has 0 aliphatic carbocycles. The van der Waals surface area contributed by atoms with Crippen LogP contribution in [0.15, 0.2) is 12.1 Å². The lowest BCUT2D eigenvalue weighted by Gasteiger charge is -2.05. The van der Waals surface area contributed by atoms with E-state index in [0.717, 1.165) is 5.56 Å². The molecular weight excluding hydrogens is 239 g/mol. The summed E-state index contributed by atoms with van der Waals surface area (Å²) >= 11 is 3.19. The summed E-state index contributed by atoms with van der Waals surface area (Å²) in [6.45, 7) is 1.57. The highest BCUT2D eigenvalue weighted by molar-refractivity contribution is 9.08. The highest BCUT2D eigenvalue weighted by atomic mass is 79.9. The fraction of sp³-hybridized carbons (Fsp3) is 0.222. The van der Waals surface area contributed by atoms with Crippen molar-refractivity contribution in [3.05, 3.63) is 34.6 Å². The number of hydrogen-bond donors (Lipinski definition) is 1. The largest absolute Gasteiger partial charge is 0.478 e. The minimum atomic E-state index is -1.23. The number of alkyl halides is 1. The Balaban J connectivity index is 3.31. The number of hydrogen-bond acceptors (Lipinski definition) is 1. The maximum Gasteiger partial charge on any atom is 0.338 e. The van der Waals surface area contributed by atoms with Gasteiger partial charge in [0.05, 0.1) is 5.56 Å². The van der Waals surface area contributed by atoms with Gasteiger partial charge in [-0.1, -0.05) is 22.0 Å². The fourth-order valence-corrected chi connectivity index (χ4v) is 1.64. The lowest BCUT2D eigenvalue weighted by Crippen LogP contribution is -2.03. The number of carboxylic acid groups (broad SMARTS) is 1. The number of aromatic carboxylic acids is 1. The monoisotopic (exact) mass is 246 g/mol. The highest BCUT2D eigenvalue weighted by Crippen LogP contribution is 2.18. The molecule has 4 heteroatoms. The summed E-state index contributed by atoms with van der Waals surface area (Å²) in [4.78, 5) is 10.5. The van der Waals surface area contributed by atoms with Gasteiger partial charge in [-0.15, -0.1) is 0 Å². The predicted octanol–water partition coefficient (Wildman–Crippen LogP) is 2.73. The molecule has 0 aromatic heterocycles. The summed E-state index contributed by atoms with van der Waals surface area (Å²) in [6.07, 6.45) is 0. The van der Waals surface area contributed by atoms with Crippen molar-refractivity contribution in [3.63, 3.8) is 0 Å². The number of carbonyl (C=O) groups is 1. The smallest absolute Gasteiger partial charge is 0.338 e. The van der Waals surface area contributed by atoms with Crippen molar-refractivity contribution in [2.24, 2.45) is 0 Å². The van der Waals surface area contributed by atoms with Crippen LogP contribution >= 0.6 is 15.9 Å². The van der Waals surface area contributed by atoms with Crippen LogP contribution < -0.4 is 0 Å². The van der Waals surface area contributed by atoms with Gasteiger partial charge in [-0.05, 0) is 24.1 Å². The standard InChI is InChI=1S/C9H8BrFO2/c1-5-6(4-10)2-3-7(8(5)11)9(12)13/h2-3H,4H2,1H3,(H,12,13). The van der Waals surface area contributed by atoms with E-state index in [1.807, 2.05) is 0 Å². The van der Waals surface area contributed by atoms with Crippen LogP contribution in [0, 0.1) is 12.7 Å². The van der Waals surface area contributed by atoms with Crippen LogP contribution in [0.3, 0.4) is 0 Å². The lowest BCUT2D eigenvalue weighted by atomic mass is 10.1.